The van der Waals surface area contributed by atoms with Gasteiger partial charge >= 0.3 is 0 Å². The normalized spacial score (nSPS) is 17.9. The van der Waals surface area contributed by atoms with Gasteiger partial charge in [0.15, 0.2) is 0 Å². The molecule has 0 spiro atoms. The van der Waals surface area contributed by atoms with E-state index in [0.717, 1.165) is 63.0 Å². The zero-order chi connectivity index (χ0) is 23.8. The molecule has 0 saturated carbocycles. The van der Waals surface area contributed by atoms with Crippen molar-refractivity contribution in [1.29, 1.82) is 0 Å². The molecule has 0 unspecified atom stereocenters. The van der Waals surface area contributed by atoms with Crippen molar-refractivity contribution in [2.75, 3.05) is 36.4 Å². The number of methoxy groups -OCH3 is 1. The van der Waals surface area contributed by atoms with Crippen LogP contribution in [0, 0.1) is 5.92 Å². The molecule has 8 nitrogen and oxygen atoms in total. The van der Waals surface area contributed by atoms with E-state index in [0.29, 0.717) is 23.9 Å². The van der Waals surface area contributed by atoms with E-state index in [-0.39, 0.29) is 5.91 Å². The van der Waals surface area contributed by atoms with E-state index in [9.17, 15) is 4.79 Å². The fraction of sp³-hybridized carbons (Fsp3) is 0.280. The van der Waals surface area contributed by atoms with E-state index in [1.165, 1.54) is 11.9 Å². The minimum atomic E-state index is -0.0562. The van der Waals surface area contributed by atoms with Crippen LogP contribution in [0.4, 0.5) is 11.5 Å². The van der Waals surface area contributed by atoms with E-state index in [4.69, 9.17) is 4.74 Å². The highest BCUT2D eigenvalue weighted by molar-refractivity contribution is 8.00. The van der Waals surface area contributed by atoms with Crippen molar-refractivity contribution in [2.24, 2.45) is 5.92 Å². The Morgan fingerprint density at radius 2 is 2.09 bits per heavy atom. The number of carbonyl (C=O) groups excluding carboxylic acids is 1. The highest BCUT2D eigenvalue weighted by Gasteiger charge is 2.24. The zero-order valence-corrected chi connectivity index (χ0v) is 20.8. The molecule has 2 aliphatic heterocycles. The van der Waals surface area contributed by atoms with Gasteiger partial charge in [0.25, 0.3) is 5.91 Å². The molecule has 8 bridgehead atoms. The Kier molecular flexibility index (Phi) is 5.91. The molecule has 1 amide bonds. The molecule has 3 aromatic heterocycles. The van der Waals surface area contributed by atoms with Gasteiger partial charge in [-0.2, -0.15) is 0 Å². The molecule has 178 valence electrons. The average Bonchev–Trinajstić information content (AvgIpc) is 3.35. The fourth-order valence-electron chi connectivity index (χ4n) is 4.61. The van der Waals surface area contributed by atoms with Gasteiger partial charge in [-0.3, -0.25) is 4.79 Å². The van der Waals surface area contributed by atoms with Crippen LogP contribution in [0.1, 0.15) is 23.2 Å². The number of hydrogen-bond donors (Lipinski definition) is 2. The molecular weight excluding hydrogens is 480 g/mol. The summed E-state index contributed by atoms with van der Waals surface area (Å²) in [7, 11) is 1.61. The van der Waals surface area contributed by atoms with Gasteiger partial charge in [0, 0.05) is 46.7 Å². The van der Waals surface area contributed by atoms with E-state index in [2.05, 4.69) is 36.0 Å². The van der Waals surface area contributed by atoms with Crippen LogP contribution in [0.3, 0.4) is 0 Å². The van der Waals surface area contributed by atoms with E-state index < -0.39 is 0 Å². The standard InChI is InChI=1S/C25H24N6O2S2/c1-33-25-20-9-17(12-27-25)21-10-19-22(34-21)23(29-14-28-19)31-7-3-4-15(13-31)11-26-24(32)16-5-2-6-18(8-16)35-30-20/h2,5-6,8-10,12,14-15,30H,3-4,7,11,13H2,1H3,(H,26,32)/t15-/m1/s1. The van der Waals surface area contributed by atoms with E-state index in [1.807, 2.05) is 36.5 Å². The van der Waals surface area contributed by atoms with Crippen LogP contribution in [-0.2, 0) is 0 Å². The Balaban J connectivity index is 1.45. The Labute approximate surface area is 211 Å². The lowest BCUT2D eigenvalue weighted by Crippen LogP contribution is -2.41. The number of fused-ring (bicyclic) bond motifs is 9. The van der Waals surface area contributed by atoms with E-state index >= 15 is 0 Å². The lowest BCUT2D eigenvalue weighted by Gasteiger charge is -2.33. The molecule has 2 aliphatic rings. The lowest BCUT2D eigenvalue weighted by molar-refractivity contribution is 0.0945. The van der Waals surface area contributed by atoms with Crippen molar-refractivity contribution < 1.29 is 9.53 Å². The van der Waals surface area contributed by atoms with Gasteiger partial charge < -0.3 is 19.7 Å². The molecular formula is C25H24N6O2S2. The molecule has 6 rings (SSSR count). The third-order valence-electron chi connectivity index (χ3n) is 6.37. The van der Waals surface area contributed by atoms with Crippen molar-refractivity contribution in [3.05, 3.63) is 54.5 Å². The van der Waals surface area contributed by atoms with Gasteiger partial charge in [0.1, 0.15) is 17.8 Å². The van der Waals surface area contributed by atoms with Crippen LogP contribution < -0.4 is 19.7 Å². The molecule has 10 heteroatoms. The van der Waals surface area contributed by atoms with Crippen LogP contribution in [0.2, 0.25) is 0 Å². The number of benzene rings is 1. The number of hydrogen-bond acceptors (Lipinski definition) is 9. The number of nitrogens with zero attached hydrogens (tertiary/aromatic N) is 4. The number of piperidine rings is 1. The van der Waals surface area contributed by atoms with Gasteiger partial charge in [-0.05, 0) is 61.0 Å². The number of thiophene rings is 1. The maximum atomic E-state index is 12.9. The number of aromatic nitrogens is 3. The summed E-state index contributed by atoms with van der Waals surface area (Å²) in [6.07, 6.45) is 5.62. The SMILES string of the molecule is COc1ncc2cc1NSc1cccc(c1)C(=O)NC[C@H]1CCCN(C1)c1ncnc3cc-2sc13. The molecule has 35 heavy (non-hydrogen) atoms. The summed E-state index contributed by atoms with van der Waals surface area (Å²) in [6.45, 7) is 2.44. The smallest absolute Gasteiger partial charge is 0.251 e. The van der Waals surface area contributed by atoms with Gasteiger partial charge in [0.05, 0.1) is 17.3 Å². The summed E-state index contributed by atoms with van der Waals surface area (Å²) >= 11 is 3.10. The molecule has 0 radical (unpaired) electrons. The maximum Gasteiger partial charge on any atom is 0.251 e. The number of ether oxygens (including phenoxy) is 1. The minimum absolute atomic E-state index is 0.0562. The second-order valence-electron chi connectivity index (χ2n) is 8.70. The number of anilines is 2. The number of rotatable bonds is 1. The first kappa shape index (κ1) is 22.1. The summed E-state index contributed by atoms with van der Waals surface area (Å²) in [5, 5.41) is 3.14. The van der Waals surface area contributed by atoms with Crippen molar-refractivity contribution in [2.45, 2.75) is 17.7 Å². The quantitative estimate of drug-likeness (QED) is 0.356. The van der Waals surface area contributed by atoms with Crippen LogP contribution in [0.25, 0.3) is 20.7 Å². The fourth-order valence-corrected chi connectivity index (χ4v) is 6.43. The Morgan fingerprint density at radius 1 is 1.14 bits per heavy atom. The van der Waals surface area contributed by atoms with E-state index in [1.54, 1.807) is 24.8 Å². The zero-order valence-electron chi connectivity index (χ0n) is 19.2. The predicted octanol–water partition coefficient (Wildman–Crippen LogP) is 4.84. The van der Waals surface area contributed by atoms with Crippen molar-refractivity contribution in [3.8, 4) is 16.3 Å². The first-order valence-corrected chi connectivity index (χ1v) is 13.2. The first-order chi connectivity index (χ1) is 17.2. The number of pyridine rings is 1. The molecule has 5 heterocycles. The van der Waals surface area contributed by atoms with Gasteiger partial charge in [-0.25, -0.2) is 15.0 Å². The number of carbonyl (C=O) groups is 1. The summed E-state index contributed by atoms with van der Waals surface area (Å²) in [5.74, 6) is 1.78. The number of nitrogens with one attached hydrogen (secondary N) is 2. The van der Waals surface area contributed by atoms with Crippen molar-refractivity contribution in [3.63, 3.8) is 0 Å². The monoisotopic (exact) mass is 504 g/mol. The Morgan fingerprint density at radius 3 is 3.00 bits per heavy atom. The summed E-state index contributed by atoms with van der Waals surface area (Å²) < 4.78 is 9.92. The lowest BCUT2D eigenvalue weighted by atomic mass is 9.98. The highest BCUT2D eigenvalue weighted by atomic mass is 32.2. The molecule has 0 aliphatic carbocycles. The first-order valence-electron chi connectivity index (χ1n) is 11.5. The maximum absolute atomic E-state index is 12.9. The molecule has 1 fully saturated rings. The molecule has 1 saturated heterocycles. The third kappa shape index (κ3) is 4.39. The van der Waals surface area contributed by atoms with Gasteiger partial charge in [-0.1, -0.05) is 6.07 Å². The molecule has 1 atom stereocenters. The second-order valence-corrected chi connectivity index (χ2v) is 10.6. The average molecular weight is 505 g/mol. The van der Waals surface area contributed by atoms with Crippen molar-refractivity contribution in [1.82, 2.24) is 20.3 Å². The third-order valence-corrected chi connectivity index (χ3v) is 8.35. The number of amides is 1. The molecule has 4 aromatic rings. The second kappa shape index (κ2) is 9.35. The van der Waals surface area contributed by atoms with Gasteiger partial charge in [-0.15, -0.1) is 11.3 Å². The largest absolute Gasteiger partial charge is 0.480 e. The van der Waals surface area contributed by atoms with Crippen LogP contribution >= 0.6 is 23.3 Å². The molecule has 1 aromatic carbocycles. The van der Waals surface area contributed by atoms with Crippen LogP contribution in [0.5, 0.6) is 5.88 Å². The minimum Gasteiger partial charge on any atom is -0.480 e. The summed E-state index contributed by atoms with van der Waals surface area (Å²) in [4.78, 5) is 31.0. The Bertz CT molecular complexity index is 1410. The van der Waals surface area contributed by atoms with Crippen molar-refractivity contribution >= 4 is 50.9 Å². The summed E-state index contributed by atoms with van der Waals surface area (Å²) in [6, 6.07) is 11.8. The Hall–Kier alpha value is -3.37. The van der Waals surface area contributed by atoms with Crippen LogP contribution in [-0.4, -0.2) is 47.6 Å². The highest BCUT2D eigenvalue weighted by Crippen LogP contribution is 2.40. The summed E-state index contributed by atoms with van der Waals surface area (Å²) in [5.41, 5.74) is 3.31. The predicted molar refractivity (Wildman–Crippen MR) is 140 cm³/mol. The van der Waals surface area contributed by atoms with Crippen LogP contribution in [0.15, 0.2) is 53.8 Å². The topological polar surface area (TPSA) is 92.3 Å². The van der Waals surface area contributed by atoms with Gasteiger partial charge in [0.2, 0.25) is 5.88 Å². The molecule has 2 N–H and O–H groups in total.